The third-order valence-corrected chi connectivity index (χ3v) is 5.06. The molecular weight excluding hydrogens is 316 g/mol. The van der Waals surface area contributed by atoms with Gasteiger partial charge in [-0.2, -0.15) is 0 Å². The number of ether oxygens (including phenoxy) is 2. The van der Waals surface area contributed by atoms with Crippen LogP contribution in [-0.2, 0) is 4.79 Å². The van der Waals surface area contributed by atoms with Gasteiger partial charge in [0, 0.05) is 22.6 Å². The van der Waals surface area contributed by atoms with Crippen LogP contribution in [0.5, 0.6) is 11.5 Å². The largest absolute Gasteiger partial charge is 0.493 e. The molecular formula is C18H23ClO4. The summed E-state index contributed by atoms with van der Waals surface area (Å²) < 4.78 is 11.7. The first-order chi connectivity index (χ1) is 11.1. The SMILES string of the molecule is COc1cc(Cl)cc(C(CC(=O)O)C2CC2)c1OC1CCCC1. The van der Waals surface area contributed by atoms with E-state index in [4.69, 9.17) is 21.1 Å². The molecule has 2 aliphatic rings. The third kappa shape index (κ3) is 3.92. The molecule has 1 atom stereocenters. The van der Waals surface area contributed by atoms with Crippen LogP contribution in [0.2, 0.25) is 5.02 Å². The predicted molar refractivity (Wildman–Crippen MR) is 88.6 cm³/mol. The van der Waals surface area contributed by atoms with Gasteiger partial charge in [0.15, 0.2) is 11.5 Å². The van der Waals surface area contributed by atoms with Crippen LogP contribution in [0.25, 0.3) is 0 Å². The summed E-state index contributed by atoms with van der Waals surface area (Å²) in [6.45, 7) is 0. The van der Waals surface area contributed by atoms with Gasteiger partial charge in [-0.1, -0.05) is 11.6 Å². The minimum atomic E-state index is -0.785. The van der Waals surface area contributed by atoms with Crippen molar-refractivity contribution >= 4 is 17.6 Å². The van der Waals surface area contributed by atoms with Gasteiger partial charge >= 0.3 is 5.97 Å². The number of benzene rings is 1. The standard InChI is InChI=1S/C18H23ClO4/c1-22-16-9-12(19)8-15(14(10-17(20)21)11-6-7-11)18(16)23-13-4-2-3-5-13/h8-9,11,13-14H,2-7,10H2,1H3,(H,20,21). The van der Waals surface area contributed by atoms with E-state index in [0.717, 1.165) is 31.2 Å². The fraction of sp³-hybridized carbons (Fsp3) is 0.611. The number of methoxy groups -OCH3 is 1. The maximum Gasteiger partial charge on any atom is 0.303 e. The van der Waals surface area contributed by atoms with E-state index in [2.05, 4.69) is 0 Å². The highest BCUT2D eigenvalue weighted by Crippen LogP contribution is 2.50. The average Bonchev–Trinajstić information content (AvgIpc) is 3.23. The van der Waals surface area contributed by atoms with Crippen LogP contribution in [0.1, 0.15) is 56.4 Å². The number of carbonyl (C=O) groups is 1. The molecule has 2 aliphatic carbocycles. The lowest BCUT2D eigenvalue weighted by Gasteiger charge is -2.24. The Morgan fingerprint density at radius 2 is 2.00 bits per heavy atom. The van der Waals surface area contributed by atoms with Crippen LogP contribution in [0.3, 0.4) is 0 Å². The van der Waals surface area contributed by atoms with Crippen molar-refractivity contribution in [2.45, 2.75) is 57.0 Å². The zero-order valence-electron chi connectivity index (χ0n) is 13.4. The zero-order chi connectivity index (χ0) is 16.4. The Bertz CT molecular complexity index is 577. The van der Waals surface area contributed by atoms with Gasteiger partial charge in [0.1, 0.15) is 0 Å². The molecule has 2 fully saturated rings. The summed E-state index contributed by atoms with van der Waals surface area (Å²) in [5, 5.41) is 9.85. The first-order valence-electron chi connectivity index (χ1n) is 8.34. The van der Waals surface area contributed by atoms with E-state index in [1.54, 1.807) is 13.2 Å². The van der Waals surface area contributed by atoms with Crippen LogP contribution in [0, 0.1) is 5.92 Å². The van der Waals surface area contributed by atoms with Gasteiger partial charge in [-0.15, -0.1) is 0 Å². The van der Waals surface area contributed by atoms with E-state index in [1.165, 1.54) is 12.8 Å². The maximum atomic E-state index is 11.3. The minimum Gasteiger partial charge on any atom is -0.493 e. The molecule has 0 bridgehead atoms. The van der Waals surface area contributed by atoms with E-state index in [1.807, 2.05) is 6.07 Å². The Balaban J connectivity index is 1.97. The van der Waals surface area contributed by atoms with E-state index >= 15 is 0 Å². The highest BCUT2D eigenvalue weighted by molar-refractivity contribution is 6.30. The van der Waals surface area contributed by atoms with Crippen molar-refractivity contribution in [2.75, 3.05) is 7.11 Å². The van der Waals surface area contributed by atoms with Crippen LogP contribution < -0.4 is 9.47 Å². The number of rotatable bonds is 7. The highest BCUT2D eigenvalue weighted by atomic mass is 35.5. The molecule has 0 heterocycles. The Labute approximate surface area is 141 Å². The second-order valence-corrected chi connectivity index (χ2v) is 7.03. The van der Waals surface area contributed by atoms with Crippen molar-refractivity contribution in [3.05, 3.63) is 22.7 Å². The summed E-state index contributed by atoms with van der Waals surface area (Å²) in [7, 11) is 1.60. The van der Waals surface area contributed by atoms with Crippen molar-refractivity contribution in [1.29, 1.82) is 0 Å². The molecule has 0 amide bonds. The van der Waals surface area contributed by atoms with Crippen molar-refractivity contribution in [2.24, 2.45) is 5.92 Å². The number of hydrogen-bond acceptors (Lipinski definition) is 3. The topological polar surface area (TPSA) is 55.8 Å². The number of carboxylic acids is 1. The lowest BCUT2D eigenvalue weighted by molar-refractivity contribution is -0.137. The van der Waals surface area contributed by atoms with E-state index in [0.29, 0.717) is 22.4 Å². The van der Waals surface area contributed by atoms with Crippen molar-refractivity contribution in [3.63, 3.8) is 0 Å². The van der Waals surface area contributed by atoms with Crippen molar-refractivity contribution in [3.8, 4) is 11.5 Å². The molecule has 1 aromatic carbocycles. The Morgan fingerprint density at radius 1 is 1.30 bits per heavy atom. The van der Waals surface area contributed by atoms with Gasteiger partial charge < -0.3 is 14.6 Å². The average molecular weight is 339 g/mol. The lowest BCUT2D eigenvalue weighted by Crippen LogP contribution is -2.16. The van der Waals surface area contributed by atoms with Crippen molar-refractivity contribution in [1.82, 2.24) is 0 Å². The molecule has 0 radical (unpaired) electrons. The summed E-state index contributed by atoms with van der Waals surface area (Å²) in [6, 6.07) is 3.61. The first kappa shape index (κ1) is 16.4. The van der Waals surface area contributed by atoms with Crippen LogP contribution in [0.15, 0.2) is 12.1 Å². The maximum absolute atomic E-state index is 11.3. The molecule has 3 rings (SSSR count). The molecule has 0 aliphatic heterocycles. The first-order valence-corrected chi connectivity index (χ1v) is 8.72. The molecule has 126 valence electrons. The van der Waals surface area contributed by atoms with Gasteiger partial charge in [0.2, 0.25) is 0 Å². The summed E-state index contributed by atoms with van der Waals surface area (Å²) in [5.74, 6) is 0.863. The minimum absolute atomic E-state index is 0.0588. The Hall–Kier alpha value is -1.42. The fourth-order valence-electron chi connectivity index (χ4n) is 3.53. The lowest BCUT2D eigenvalue weighted by atomic mass is 9.90. The Kier molecular flexibility index (Phi) is 5.00. The molecule has 2 saturated carbocycles. The second kappa shape index (κ2) is 7.00. The normalized spacial score (nSPS) is 19.6. The van der Waals surface area contributed by atoms with Crippen molar-refractivity contribution < 1.29 is 19.4 Å². The zero-order valence-corrected chi connectivity index (χ0v) is 14.1. The van der Waals surface area contributed by atoms with Crippen LogP contribution in [0.4, 0.5) is 0 Å². The van der Waals surface area contributed by atoms with E-state index < -0.39 is 5.97 Å². The second-order valence-electron chi connectivity index (χ2n) is 6.59. The summed E-state index contributed by atoms with van der Waals surface area (Å²) in [5.41, 5.74) is 0.895. The number of aliphatic carboxylic acids is 1. The van der Waals surface area contributed by atoms with Gasteiger partial charge in [-0.25, -0.2) is 0 Å². The van der Waals surface area contributed by atoms with E-state index in [-0.39, 0.29) is 18.4 Å². The molecule has 1 unspecified atom stereocenters. The van der Waals surface area contributed by atoms with Crippen LogP contribution in [-0.4, -0.2) is 24.3 Å². The third-order valence-electron chi connectivity index (χ3n) is 4.84. The fourth-order valence-corrected chi connectivity index (χ4v) is 3.75. The highest BCUT2D eigenvalue weighted by Gasteiger charge is 2.37. The number of halogens is 1. The monoisotopic (exact) mass is 338 g/mol. The van der Waals surface area contributed by atoms with Gasteiger partial charge in [0.25, 0.3) is 0 Å². The molecule has 5 heteroatoms. The number of carboxylic acid groups (broad SMARTS) is 1. The van der Waals surface area contributed by atoms with E-state index in [9.17, 15) is 9.90 Å². The quantitative estimate of drug-likeness (QED) is 0.787. The summed E-state index contributed by atoms with van der Waals surface area (Å²) in [4.78, 5) is 11.3. The smallest absolute Gasteiger partial charge is 0.303 e. The molecule has 0 saturated heterocycles. The Morgan fingerprint density at radius 3 is 2.57 bits per heavy atom. The predicted octanol–water partition coefficient (Wildman–Crippen LogP) is 4.64. The molecule has 1 N–H and O–H groups in total. The summed E-state index contributed by atoms with van der Waals surface area (Å²) in [6.07, 6.45) is 6.86. The molecule has 23 heavy (non-hydrogen) atoms. The molecule has 1 aromatic rings. The molecule has 0 spiro atoms. The van der Waals surface area contributed by atoms with Gasteiger partial charge in [0.05, 0.1) is 19.6 Å². The summed E-state index contributed by atoms with van der Waals surface area (Å²) >= 11 is 6.24. The molecule has 4 nitrogen and oxygen atoms in total. The number of hydrogen-bond donors (Lipinski definition) is 1. The van der Waals surface area contributed by atoms with Crippen LogP contribution >= 0.6 is 11.6 Å². The van der Waals surface area contributed by atoms with Gasteiger partial charge in [-0.3, -0.25) is 4.79 Å². The van der Waals surface area contributed by atoms with Gasteiger partial charge in [-0.05, 0) is 50.5 Å². The molecule has 0 aromatic heterocycles.